The molecule has 4 rings (SSSR count). The molecule has 162 valence electrons. The van der Waals surface area contributed by atoms with Crippen LogP contribution < -0.4 is 9.47 Å². The smallest absolute Gasteiger partial charge is 0.491 e. The molecule has 0 saturated heterocycles. The van der Waals surface area contributed by atoms with Crippen LogP contribution in [0.1, 0.15) is 21.6 Å². The zero-order valence-electron chi connectivity index (χ0n) is 16.6. The average molecular weight is 439 g/mol. The van der Waals surface area contributed by atoms with E-state index in [0.29, 0.717) is 34.5 Å². The van der Waals surface area contributed by atoms with Crippen molar-refractivity contribution in [3.05, 3.63) is 77.6 Å². The van der Waals surface area contributed by atoms with Gasteiger partial charge in [0.2, 0.25) is 0 Å². The Balaban J connectivity index is 1.61. The van der Waals surface area contributed by atoms with Crippen molar-refractivity contribution in [2.75, 3.05) is 13.2 Å². The normalized spacial score (nSPS) is 13.6. The summed E-state index contributed by atoms with van der Waals surface area (Å²) in [5.41, 5.74) is 2.46. The minimum Gasteiger partial charge on any atom is -0.491 e. The number of carbonyl (C=O) groups is 1. The lowest BCUT2D eigenvalue weighted by atomic mass is 10.0. The number of rotatable bonds is 4. The number of hydrogen-bond donors (Lipinski definition) is 0. The fourth-order valence-electron chi connectivity index (χ4n) is 3.41. The summed E-state index contributed by atoms with van der Waals surface area (Å²) in [5, 5.41) is 9.26. The number of pyridine rings is 1. The zero-order valence-corrected chi connectivity index (χ0v) is 16.6. The van der Waals surface area contributed by atoms with Gasteiger partial charge in [-0.2, -0.15) is 5.26 Å². The summed E-state index contributed by atoms with van der Waals surface area (Å²) in [6.45, 7) is 0.807. The SMILES string of the molecule is N#Cc1ncccc1CN1CCOc2ccc(-c3ccc(OC(F)(F)F)cc3)cc2C1=O. The summed E-state index contributed by atoms with van der Waals surface area (Å²) in [7, 11) is 0. The number of alkyl halides is 3. The Morgan fingerprint density at radius 3 is 2.59 bits per heavy atom. The first-order chi connectivity index (χ1) is 15.3. The molecule has 3 aromatic rings. The van der Waals surface area contributed by atoms with Crippen molar-refractivity contribution in [2.24, 2.45) is 0 Å². The van der Waals surface area contributed by atoms with Gasteiger partial charge in [0.15, 0.2) is 0 Å². The van der Waals surface area contributed by atoms with E-state index in [9.17, 15) is 23.2 Å². The maximum absolute atomic E-state index is 13.2. The number of fused-ring (bicyclic) bond motifs is 1. The van der Waals surface area contributed by atoms with E-state index in [2.05, 4.69) is 9.72 Å². The summed E-state index contributed by atoms with van der Waals surface area (Å²) in [5.74, 6) is -0.180. The molecule has 0 radical (unpaired) electrons. The zero-order chi connectivity index (χ0) is 22.7. The fraction of sp³-hybridized carbons (Fsp3) is 0.174. The van der Waals surface area contributed by atoms with Crippen LogP contribution in [-0.2, 0) is 6.54 Å². The first kappa shape index (κ1) is 21.2. The standard InChI is InChI=1S/C23H16F3N3O3/c24-23(25,26)32-18-6-3-15(4-7-18)16-5-8-21-19(12-16)22(30)29(10-11-31-21)14-17-2-1-9-28-20(17)13-27/h1-9,12H,10-11,14H2. The molecule has 2 aromatic carbocycles. The second-order valence-corrected chi connectivity index (χ2v) is 6.98. The van der Waals surface area contributed by atoms with E-state index in [1.165, 1.54) is 30.5 Å². The van der Waals surface area contributed by atoms with Crippen LogP contribution in [0, 0.1) is 11.3 Å². The molecular formula is C23H16F3N3O3. The monoisotopic (exact) mass is 439 g/mol. The van der Waals surface area contributed by atoms with Crippen LogP contribution in [0.3, 0.4) is 0 Å². The minimum atomic E-state index is -4.77. The number of halogens is 3. The number of nitriles is 1. The molecule has 9 heteroatoms. The van der Waals surface area contributed by atoms with Gasteiger partial charge in [0.05, 0.1) is 12.1 Å². The highest BCUT2D eigenvalue weighted by molar-refractivity contribution is 5.98. The Morgan fingerprint density at radius 2 is 1.88 bits per heavy atom. The van der Waals surface area contributed by atoms with Crippen molar-refractivity contribution in [1.82, 2.24) is 9.88 Å². The highest BCUT2D eigenvalue weighted by Crippen LogP contribution is 2.31. The molecule has 0 unspecified atom stereocenters. The molecule has 2 heterocycles. The average Bonchev–Trinajstić information content (AvgIpc) is 2.92. The Bertz CT molecular complexity index is 1190. The first-order valence-corrected chi connectivity index (χ1v) is 9.60. The lowest BCUT2D eigenvalue weighted by Gasteiger charge is -2.20. The Labute approximate surface area is 181 Å². The van der Waals surface area contributed by atoms with Crippen molar-refractivity contribution in [1.29, 1.82) is 5.26 Å². The van der Waals surface area contributed by atoms with Crippen LogP contribution in [0.4, 0.5) is 13.2 Å². The number of hydrogen-bond acceptors (Lipinski definition) is 5. The molecule has 0 atom stereocenters. The van der Waals surface area contributed by atoms with Crippen LogP contribution in [-0.4, -0.2) is 35.3 Å². The number of ether oxygens (including phenoxy) is 2. The Hall–Kier alpha value is -4.06. The van der Waals surface area contributed by atoms with Gasteiger partial charge in [-0.15, -0.1) is 13.2 Å². The second-order valence-electron chi connectivity index (χ2n) is 6.98. The maximum Gasteiger partial charge on any atom is 0.573 e. The number of carbonyl (C=O) groups excluding carboxylic acids is 1. The Morgan fingerprint density at radius 1 is 1.12 bits per heavy atom. The van der Waals surface area contributed by atoms with E-state index in [4.69, 9.17) is 4.74 Å². The van der Waals surface area contributed by atoms with E-state index in [-0.39, 0.29) is 30.5 Å². The van der Waals surface area contributed by atoms with Gasteiger partial charge < -0.3 is 14.4 Å². The van der Waals surface area contributed by atoms with Crippen molar-refractivity contribution in [2.45, 2.75) is 12.9 Å². The molecule has 1 amide bonds. The van der Waals surface area contributed by atoms with E-state index < -0.39 is 6.36 Å². The number of amides is 1. The first-order valence-electron chi connectivity index (χ1n) is 9.60. The summed E-state index contributed by atoms with van der Waals surface area (Å²) >= 11 is 0. The third kappa shape index (κ3) is 4.64. The topological polar surface area (TPSA) is 75.5 Å². The Kier molecular flexibility index (Phi) is 5.69. The minimum absolute atomic E-state index is 0.200. The summed E-state index contributed by atoms with van der Waals surface area (Å²) in [6, 6.07) is 15.9. The second kappa shape index (κ2) is 8.59. The summed E-state index contributed by atoms with van der Waals surface area (Å²) < 4.78 is 46.7. The van der Waals surface area contributed by atoms with Crippen LogP contribution in [0.15, 0.2) is 60.8 Å². The predicted octanol–water partition coefficient (Wildman–Crippen LogP) is 4.55. The molecule has 0 N–H and O–H groups in total. The largest absolute Gasteiger partial charge is 0.573 e. The number of nitrogens with zero attached hydrogens (tertiary/aromatic N) is 3. The van der Waals surface area contributed by atoms with Crippen molar-refractivity contribution < 1.29 is 27.4 Å². The predicted molar refractivity (Wildman–Crippen MR) is 108 cm³/mol. The van der Waals surface area contributed by atoms with Crippen molar-refractivity contribution in [3.8, 4) is 28.7 Å². The number of aromatic nitrogens is 1. The van der Waals surface area contributed by atoms with Crippen LogP contribution >= 0.6 is 0 Å². The van der Waals surface area contributed by atoms with Gasteiger partial charge in [0.1, 0.15) is 29.9 Å². The summed E-state index contributed by atoms with van der Waals surface area (Å²) in [4.78, 5) is 18.8. The lowest BCUT2D eigenvalue weighted by molar-refractivity contribution is -0.274. The van der Waals surface area contributed by atoms with Crippen LogP contribution in [0.25, 0.3) is 11.1 Å². The summed E-state index contributed by atoms with van der Waals surface area (Å²) in [6.07, 6.45) is -3.25. The van der Waals surface area contributed by atoms with Gasteiger partial charge >= 0.3 is 6.36 Å². The van der Waals surface area contributed by atoms with E-state index in [0.717, 1.165) is 0 Å². The van der Waals surface area contributed by atoms with Gasteiger partial charge in [0.25, 0.3) is 5.91 Å². The molecule has 1 aliphatic heterocycles. The molecule has 0 aliphatic carbocycles. The molecule has 0 fully saturated rings. The third-order valence-electron chi connectivity index (χ3n) is 4.90. The molecule has 0 bridgehead atoms. The molecule has 0 saturated carbocycles. The number of benzene rings is 2. The van der Waals surface area contributed by atoms with E-state index >= 15 is 0 Å². The highest BCUT2D eigenvalue weighted by atomic mass is 19.4. The van der Waals surface area contributed by atoms with Gasteiger partial charge in [-0.25, -0.2) is 4.98 Å². The molecule has 0 spiro atoms. The fourth-order valence-corrected chi connectivity index (χ4v) is 3.41. The van der Waals surface area contributed by atoms with Gasteiger partial charge in [-0.1, -0.05) is 24.3 Å². The van der Waals surface area contributed by atoms with Crippen molar-refractivity contribution in [3.63, 3.8) is 0 Å². The lowest BCUT2D eigenvalue weighted by Crippen LogP contribution is -2.32. The van der Waals surface area contributed by atoms with Gasteiger partial charge in [0, 0.05) is 18.3 Å². The molecule has 32 heavy (non-hydrogen) atoms. The van der Waals surface area contributed by atoms with E-state index in [1.807, 2.05) is 6.07 Å². The van der Waals surface area contributed by atoms with Crippen LogP contribution in [0.5, 0.6) is 11.5 Å². The van der Waals surface area contributed by atoms with E-state index in [1.54, 1.807) is 35.2 Å². The molecule has 1 aliphatic rings. The highest BCUT2D eigenvalue weighted by Gasteiger charge is 2.31. The van der Waals surface area contributed by atoms with Crippen LogP contribution in [0.2, 0.25) is 0 Å². The molecule has 6 nitrogen and oxygen atoms in total. The third-order valence-corrected chi connectivity index (χ3v) is 4.90. The van der Waals surface area contributed by atoms with Gasteiger partial charge in [-0.3, -0.25) is 4.79 Å². The quantitative estimate of drug-likeness (QED) is 0.596. The molecular weight excluding hydrogens is 423 g/mol. The molecule has 1 aromatic heterocycles. The van der Waals surface area contributed by atoms with Gasteiger partial charge in [-0.05, 0) is 41.5 Å². The van der Waals surface area contributed by atoms with Crippen molar-refractivity contribution >= 4 is 5.91 Å². The maximum atomic E-state index is 13.2.